The molecule has 0 amide bonds. The van der Waals surface area contributed by atoms with Gasteiger partial charge in [0.25, 0.3) is 7.82 Å². The van der Waals surface area contributed by atoms with Crippen LogP contribution in [0.25, 0.3) is 0 Å². The van der Waals surface area contributed by atoms with E-state index in [4.69, 9.17) is 18.5 Å². The lowest BCUT2D eigenvalue weighted by atomic mass is 10.1. The summed E-state index contributed by atoms with van der Waals surface area (Å²) < 4.78 is 33.9. The van der Waals surface area contributed by atoms with Crippen molar-refractivity contribution < 1.29 is 42.1 Å². The highest BCUT2D eigenvalue weighted by Crippen LogP contribution is 2.38. The van der Waals surface area contributed by atoms with E-state index in [1.165, 1.54) is 0 Å². The molecule has 9 nitrogen and oxygen atoms in total. The first-order valence-electron chi connectivity index (χ1n) is 25.5. The van der Waals surface area contributed by atoms with E-state index in [2.05, 4.69) is 154 Å². The molecule has 382 valence electrons. The third-order valence-electron chi connectivity index (χ3n) is 9.85. The number of ether oxygens (including phenoxy) is 2. The van der Waals surface area contributed by atoms with E-state index < -0.39 is 32.5 Å². The fraction of sp³-hybridized carbons (Fsp3) is 0.552. The molecule has 2 atom stereocenters. The Labute approximate surface area is 414 Å². The molecule has 0 radical (unpaired) electrons. The van der Waals surface area contributed by atoms with Crippen LogP contribution in [0.1, 0.15) is 155 Å². The second-order valence-corrected chi connectivity index (χ2v) is 18.8. The number of carbonyl (C=O) groups excluding carboxylic acids is 2. The van der Waals surface area contributed by atoms with Gasteiger partial charge in [-0.1, -0.05) is 179 Å². The average Bonchev–Trinajstić information content (AvgIpc) is 3.30. The van der Waals surface area contributed by atoms with Crippen molar-refractivity contribution in [2.75, 3.05) is 47.5 Å². The summed E-state index contributed by atoms with van der Waals surface area (Å²) in [4.78, 5) is 37.7. The second-order valence-electron chi connectivity index (χ2n) is 17.4. The molecule has 0 aliphatic carbocycles. The molecule has 0 aromatic rings. The first kappa shape index (κ1) is 63.9. The molecular weight excluding hydrogens is 870 g/mol. The van der Waals surface area contributed by atoms with E-state index >= 15 is 0 Å². The van der Waals surface area contributed by atoms with Crippen molar-refractivity contribution in [3.8, 4) is 0 Å². The molecule has 2 unspecified atom stereocenters. The SMILES string of the molecule is CC/C=C\C/C=C\C/C=C\C/C=C\C/C=C\C/C=C\C/C=C\CCCC(=O)OC(COC(=O)CCCCCCC/C=C\C/C=C\C/C=C\C/C=C\C/C=C\CC)COP(=O)([O-])OCC[N+](C)(C)C. The smallest absolute Gasteiger partial charge is 0.306 e. The molecule has 0 saturated heterocycles. The Morgan fingerprint density at radius 1 is 0.456 bits per heavy atom. The van der Waals surface area contributed by atoms with Crippen molar-refractivity contribution >= 4 is 19.8 Å². The molecule has 0 aromatic carbocycles. The maximum atomic E-state index is 12.7. The van der Waals surface area contributed by atoms with Crippen molar-refractivity contribution in [3.63, 3.8) is 0 Å². The Balaban J connectivity index is 4.46. The Bertz CT molecular complexity index is 1650. The maximum absolute atomic E-state index is 12.7. The van der Waals surface area contributed by atoms with Gasteiger partial charge in [-0.15, -0.1) is 0 Å². The van der Waals surface area contributed by atoms with Gasteiger partial charge in [-0.05, 0) is 109 Å². The van der Waals surface area contributed by atoms with Gasteiger partial charge in [0.1, 0.15) is 19.8 Å². The molecule has 10 heteroatoms. The minimum atomic E-state index is -4.67. The van der Waals surface area contributed by atoms with Crippen molar-refractivity contribution in [2.24, 2.45) is 0 Å². The zero-order valence-corrected chi connectivity index (χ0v) is 43.9. The second kappa shape index (κ2) is 47.9. The van der Waals surface area contributed by atoms with E-state index in [0.29, 0.717) is 30.3 Å². The van der Waals surface area contributed by atoms with E-state index in [1.54, 1.807) is 0 Å². The third kappa shape index (κ3) is 51.3. The largest absolute Gasteiger partial charge is 0.756 e. The van der Waals surface area contributed by atoms with Crippen molar-refractivity contribution in [1.82, 2.24) is 0 Å². The number of phosphoric ester groups is 1. The van der Waals surface area contributed by atoms with Crippen LogP contribution in [-0.4, -0.2) is 70.0 Å². The molecule has 68 heavy (non-hydrogen) atoms. The van der Waals surface area contributed by atoms with Crippen molar-refractivity contribution in [3.05, 3.63) is 146 Å². The molecule has 0 aliphatic rings. The first-order chi connectivity index (χ1) is 33.0. The van der Waals surface area contributed by atoms with Crippen LogP contribution in [0.3, 0.4) is 0 Å². The molecule has 0 saturated carbocycles. The Kier molecular flexibility index (Phi) is 45.0. The van der Waals surface area contributed by atoms with Crippen LogP contribution in [0.2, 0.25) is 0 Å². The van der Waals surface area contributed by atoms with Gasteiger partial charge in [-0.25, -0.2) is 0 Å². The molecule has 0 spiro atoms. The Hall–Kier alpha value is -4.11. The van der Waals surface area contributed by atoms with Crippen LogP contribution in [0.15, 0.2) is 146 Å². The number of carbonyl (C=O) groups is 2. The average molecular weight is 962 g/mol. The summed E-state index contributed by atoms with van der Waals surface area (Å²) in [5.41, 5.74) is 0. The summed E-state index contributed by atoms with van der Waals surface area (Å²) in [7, 11) is 1.09. The fourth-order valence-corrected chi connectivity index (χ4v) is 6.69. The number of hydrogen-bond acceptors (Lipinski definition) is 8. The summed E-state index contributed by atoms with van der Waals surface area (Å²) in [5.74, 6) is -0.942. The molecule has 0 heterocycles. The number of hydrogen-bond donors (Lipinski definition) is 0. The highest BCUT2D eigenvalue weighted by atomic mass is 31.2. The number of quaternary nitrogens is 1. The monoisotopic (exact) mass is 962 g/mol. The number of rotatable bonds is 44. The van der Waals surface area contributed by atoms with Crippen LogP contribution in [0.4, 0.5) is 0 Å². The normalized spacial score (nSPS) is 14.6. The molecule has 0 bridgehead atoms. The van der Waals surface area contributed by atoms with Gasteiger partial charge in [0, 0.05) is 12.8 Å². The lowest BCUT2D eigenvalue weighted by molar-refractivity contribution is -0.870. The van der Waals surface area contributed by atoms with Crippen molar-refractivity contribution in [1.29, 1.82) is 0 Å². The molecule has 0 aromatic heterocycles. The quantitative estimate of drug-likeness (QED) is 0.0195. The predicted molar refractivity (Wildman–Crippen MR) is 286 cm³/mol. The predicted octanol–water partition coefficient (Wildman–Crippen LogP) is 14.9. The van der Waals surface area contributed by atoms with Crippen LogP contribution in [0, 0.1) is 0 Å². The minimum absolute atomic E-state index is 0.0549. The fourth-order valence-electron chi connectivity index (χ4n) is 5.96. The van der Waals surface area contributed by atoms with Gasteiger partial charge in [0.05, 0.1) is 27.7 Å². The standard InChI is InChI=1S/C58H92NO8P/c1-6-8-10-12-14-16-18-20-22-24-26-28-29-31-33-35-37-39-41-43-45-47-49-51-58(61)67-56(55-66-68(62,63)65-53-52-59(3,4)5)54-64-57(60)50-48-46-44-42-40-38-36-34-32-30-27-25-23-21-19-17-15-13-11-9-7-2/h8-11,14-17,20-23,26-28,30-31,33-34,36-37,39,43,45,56H,6-7,12-13,18-19,24-25,29,32,35,38,40-42,44,46-55H2,1-5H3/b10-8-,11-9-,16-14-,17-15-,22-20-,23-21-,28-26-,30-27-,33-31-,36-34-,39-37-,45-43-. The number of likely N-dealkylation sites (N-methyl/N-ethyl adjacent to an activating group) is 1. The molecule has 0 rings (SSSR count). The molecule has 0 N–H and O–H groups in total. The van der Waals surface area contributed by atoms with Crippen LogP contribution in [-0.2, 0) is 32.7 Å². The topological polar surface area (TPSA) is 111 Å². The highest BCUT2D eigenvalue weighted by Gasteiger charge is 2.21. The minimum Gasteiger partial charge on any atom is -0.756 e. The van der Waals surface area contributed by atoms with E-state index in [0.717, 1.165) is 109 Å². The van der Waals surface area contributed by atoms with Gasteiger partial charge >= 0.3 is 11.9 Å². The number of esters is 2. The molecular formula is C58H92NO8P. The summed E-state index contributed by atoms with van der Waals surface area (Å²) >= 11 is 0. The number of allylic oxidation sites excluding steroid dienone is 24. The highest BCUT2D eigenvalue weighted by molar-refractivity contribution is 7.45. The lowest BCUT2D eigenvalue weighted by Crippen LogP contribution is -2.37. The van der Waals surface area contributed by atoms with Crippen LogP contribution in [0.5, 0.6) is 0 Å². The molecule has 0 fully saturated rings. The van der Waals surface area contributed by atoms with Gasteiger partial charge in [0.15, 0.2) is 6.10 Å². The zero-order valence-electron chi connectivity index (χ0n) is 43.0. The summed E-state index contributed by atoms with van der Waals surface area (Å²) in [6, 6.07) is 0. The Morgan fingerprint density at radius 2 is 0.809 bits per heavy atom. The van der Waals surface area contributed by atoms with Gasteiger partial charge in [-0.3, -0.25) is 14.2 Å². The number of nitrogens with zero attached hydrogens (tertiary/aromatic N) is 1. The lowest BCUT2D eigenvalue weighted by Gasteiger charge is -2.28. The van der Waals surface area contributed by atoms with E-state index in [-0.39, 0.29) is 26.1 Å². The van der Waals surface area contributed by atoms with E-state index in [1.807, 2.05) is 27.2 Å². The molecule has 0 aliphatic heterocycles. The van der Waals surface area contributed by atoms with Gasteiger partial charge < -0.3 is 27.9 Å². The zero-order chi connectivity index (χ0) is 49.9. The summed E-state index contributed by atoms with van der Waals surface area (Å²) in [6.45, 7) is 3.88. The van der Waals surface area contributed by atoms with Crippen LogP contribution >= 0.6 is 7.82 Å². The summed E-state index contributed by atoms with van der Waals surface area (Å²) in [6.07, 6.45) is 70.3. The first-order valence-corrected chi connectivity index (χ1v) is 27.0. The van der Waals surface area contributed by atoms with Gasteiger partial charge in [0.2, 0.25) is 0 Å². The maximum Gasteiger partial charge on any atom is 0.306 e. The summed E-state index contributed by atoms with van der Waals surface area (Å²) in [5, 5.41) is 0. The third-order valence-corrected chi connectivity index (χ3v) is 10.8. The van der Waals surface area contributed by atoms with Crippen LogP contribution < -0.4 is 4.89 Å². The van der Waals surface area contributed by atoms with E-state index in [9.17, 15) is 19.0 Å². The Morgan fingerprint density at radius 3 is 1.22 bits per heavy atom. The van der Waals surface area contributed by atoms with Gasteiger partial charge in [-0.2, -0.15) is 0 Å². The van der Waals surface area contributed by atoms with Crippen molar-refractivity contribution in [2.45, 2.75) is 161 Å². The number of unbranched alkanes of at least 4 members (excludes halogenated alkanes) is 6. The number of phosphoric acid groups is 1.